The van der Waals surface area contributed by atoms with Gasteiger partial charge in [-0.3, -0.25) is 4.79 Å². The highest BCUT2D eigenvalue weighted by Crippen LogP contribution is 2.11. The first-order chi connectivity index (χ1) is 8.88. The van der Waals surface area contributed by atoms with Crippen molar-refractivity contribution in [1.82, 2.24) is 15.5 Å². The molecule has 0 aromatic rings. The van der Waals surface area contributed by atoms with Crippen LogP contribution >= 0.6 is 0 Å². The van der Waals surface area contributed by atoms with Gasteiger partial charge in [-0.25, -0.2) is 4.79 Å². The highest BCUT2D eigenvalue weighted by molar-refractivity contribution is 5.78. The number of halogens is 3. The average molecular weight is 283 g/mol. The number of carbonyl (C=O) groups excluding carboxylic acids is 2. The van der Waals surface area contributed by atoms with E-state index in [-0.39, 0.29) is 18.9 Å². The van der Waals surface area contributed by atoms with Crippen molar-refractivity contribution in [2.45, 2.75) is 12.6 Å². The molecule has 0 bridgehead atoms. The van der Waals surface area contributed by atoms with Crippen molar-refractivity contribution < 1.29 is 27.5 Å². The summed E-state index contributed by atoms with van der Waals surface area (Å²) >= 11 is 0. The molecule has 1 aliphatic heterocycles. The second-order valence-corrected chi connectivity index (χ2v) is 3.97. The smallest absolute Gasteiger partial charge is 0.378 e. The highest BCUT2D eigenvalue weighted by atomic mass is 19.4. The number of hydrogen-bond acceptors (Lipinski definition) is 3. The van der Waals surface area contributed by atoms with Crippen molar-refractivity contribution in [2.24, 2.45) is 0 Å². The monoisotopic (exact) mass is 283 g/mol. The highest BCUT2D eigenvalue weighted by Gasteiger charge is 2.27. The molecular weight excluding hydrogens is 267 g/mol. The van der Waals surface area contributed by atoms with Crippen LogP contribution in [0.25, 0.3) is 0 Å². The first-order valence-electron chi connectivity index (χ1n) is 5.82. The van der Waals surface area contributed by atoms with Crippen molar-refractivity contribution in [1.29, 1.82) is 0 Å². The van der Waals surface area contributed by atoms with Crippen LogP contribution in [0.15, 0.2) is 0 Å². The fourth-order valence-corrected chi connectivity index (χ4v) is 1.50. The Hall–Kier alpha value is -1.51. The average Bonchev–Trinajstić information content (AvgIpc) is 2.36. The number of morpholine rings is 1. The molecule has 9 heteroatoms. The second-order valence-electron chi connectivity index (χ2n) is 3.97. The minimum Gasteiger partial charge on any atom is -0.378 e. The molecule has 0 atom stereocenters. The lowest BCUT2D eigenvalue weighted by atomic mass is 10.3. The molecular formula is C10H16F3N3O3. The number of nitrogens with one attached hydrogen (secondary N) is 2. The summed E-state index contributed by atoms with van der Waals surface area (Å²) in [4.78, 5) is 24.2. The molecule has 0 spiro atoms. The van der Waals surface area contributed by atoms with Gasteiger partial charge in [0.05, 0.1) is 13.2 Å². The van der Waals surface area contributed by atoms with Gasteiger partial charge in [0.1, 0.15) is 6.54 Å². The third kappa shape index (κ3) is 6.85. The molecule has 0 unspecified atom stereocenters. The van der Waals surface area contributed by atoms with E-state index in [4.69, 9.17) is 4.74 Å². The van der Waals surface area contributed by atoms with Crippen LogP contribution < -0.4 is 10.6 Å². The van der Waals surface area contributed by atoms with Crippen molar-refractivity contribution in [3.8, 4) is 0 Å². The Bertz CT molecular complexity index is 317. The number of hydrogen-bond donors (Lipinski definition) is 2. The molecule has 2 N–H and O–H groups in total. The van der Waals surface area contributed by atoms with Crippen LogP contribution in [-0.4, -0.2) is 62.4 Å². The Labute approximate surface area is 108 Å². The molecule has 0 saturated carbocycles. The molecule has 110 valence electrons. The summed E-state index contributed by atoms with van der Waals surface area (Å²) in [5, 5.41) is 3.85. The minimum atomic E-state index is -4.44. The van der Waals surface area contributed by atoms with Crippen LogP contribution in [0.2, 0.25) is 0 Å². The van der Waals surface area contributed by atoms with E-state index in [1.807, 2.05) is 0 Å². The van der Waals surface area contributed by atoms with E-state index >= 15 is 0 Å². The Morgan fingerprint density at radius 2 is 1.79 bits per heavy atom. The van der Waals surface area contributed by atoms with E-state index in [1.54, 1.807) is 10.2 Å². The van der Waals surface area contributed by atoms with E-state index in [2.05, 4.69) is 5.32 Å². The number of alkyl halides is 3. The lowest BCUT2D eigenvalue weighted by Gasteiger charge is -2.26. The maximum Gasteiger partial charge on any atom is 0.405 e. The topological polar surface area (TPSA) is 70.7 Å². The summed E-state index contributed by atoms with van der Waals surface area (Å²) in [6.07, 6.45) is -4.39. The molecule has 1 fully saturated rings. The zero-order valence-electron chi connectivity index (χ0n) is 10.3. The zero-order chi connectivity index (χ0) is 14.3. The molecule has 1 aliphatic rings. The summed E-state index contributed by atoms with van der Waals surface area (Å²) in [5.74, 6) is -0.153. The van der Waals surface area contributed by atoms with Gasteiger partial charge >= 0.3 is 12.2 Å². The van der Waals surface area contributed by atoms with Gasteiger partial charge in [-0.2, -0.15) is 13.2 Å². The van der Waals surface area contributed by atoms with Gasteiger partial charge in [0, 0.05) is 26.1 Å². The largest absolute Gasteiger partial charge is 0.405 e. The van der Waals surface area contributed by atoms with Crippen LogP contribution in [0.3, 0.4) is 0 Å². The number of urea groups is 1. The van der Waals surface area contributed by atoms with Crippen LogP contribution in [0, 0.1) is 0 Å². The van der Waals surface area contributed by atoms with E-state index in [9.17, 15) is 22.8 Å². The molecule has 19 heavy (non-hydrogen) atoms. The molecule has 1 rings (SSSR count). The Kier molecular flexibility index (Phi) is 5.87. The third-order valence-corrected chi connectivity index (χ3v) is 2.44. The van der Waals surface area contributed by atoms with E-state index < -0.39 is 18.8 Å². The van der Waals surface area contributed by atoms with Crippen LogP contribution in [0.4, 0.5) is 18.0 Å². The van der Waals surface area contributed by atoms with E-state index in [0.717, 1.165) is 0 Å². The zero-order valence-corrected chi connectivity index (χ0v) is 10.3. The lowest BCUT2D eigenvalue weighted by molar-refractivity contribution is -0.135. The maximum absolute atomic E-state index is 11.8. The minimum absolute atomic E-state index is 0.000118. The number of nitrogens with zero attached hydrogens (tertiary/aromatic N) is 1. The van der Waals surface area contributed by atoms with Gasteiger partial charge in [0.25, 0.3) is 0 Å². The first-order valence-corrected chi connectivity index (χ1v) is 5.82. The van der Waals surface area contributed by atoms with Crippen LogP contribution in [0.1, 0.15) is 6.42 Å². The molecule has 0 aromatic carbocycles. The Morgan fingerprint density at radius 1 is 1.16 bits per heavy atom. The van der Waals surface area contributed by atoms with Gasteiger partial charge in [-0.1, -0.05) is 0 Å². The molecule has 0 aromatic heterocycles. The van der Waals surface area contributed by atoms with Crippen molar-refractivity contribution in [3.05, 3.63) is 0 Å². The predicted molar refractivity (Wildman–Crippen MR) is 59.5 cm³/mol. The number of amides is 3. The van der Waals surface area contributed by atoms with Gasteiger partial charge in [0.2, 0.25) is 5.91 Å². The van der Waals surface area contributed by atoms with Crippen LogP contribution in [0.5, 0.6) is 0 Å². The third-order valence-electron chi connectivity index (χ3n) is 2.44. The fourth-order valence-electron chi connectivity index (χ4n) is 1.50. The molecule has 0 aliphatic carbocycles. The van der Waals surface area contributed by atoms with E-state index in [0.29, 0.717) is 26.3 Å². The van der Waals surface area contributed by atoms with Crippen molar-refractivity contribution >= 4 is 11.9 Å². The molecule has 1 heterocycles. The molecule has 3 amide bonds. The summed E-state index contributed by atoms with van der Waals surface area (Å²) in [6.45, 7) is 0.560. The quantitative estimate of drug-likeness (QED) is 0.768. The predicted octanol–water partition coefficient (Wildman–Crippen LogP) is 0.0968. The first kappa shape index (κ1) is 15.5. The lowest BCUT2D eigenvalue weighted by Crippen LogP contribution is -2.44. The Balaban J connectivity index is 2.12. The Morgan fingerprint density at radius 3 is 2.37 bits per heavy atom. The summed E-state index contributed by atoms with van der Waals surface area (Å²) in [5.41, 5.74) is 0. The fraction of sp³-hybridized carbons (Fsp3) is 0.800. The number of rotatable bonds is 4. The maximum atomic E-state index is 11.8. The van der Waals surface area contributed by atoms with Crippen molar-refractivity contribution in [2.75, 3.05) is 39.4 Å². The van der Waals surface area contributed by atoms with Crippen LogP contribution in [-0.2, 0) is 9.53 Å². The van der Waals surface area contributed by atoms with Crippen molar-refractivity contribution in [3.63, 3.8) is 0 Å². The van der Waals surface area contributed by atoms with Gasteiger partial charge in [-0.15, -0.1) is 0 Å². The molecule has 0 radical (unpaired) electrons. The van der Waals surface area contributed by atoms with Gasteiger partial charge in [0.15, 0.2) is 0 Å². The van der Waals surface area contributed by atoms with Gasteiger partial charge < -0.3 is 20.3 Å². The molecule has 6 nitrogen and oxygen atoms in total. The van der Waals surface area contributed by atoms with E-state index in [1.165, 1.54) is 0 Å². The number of carbonyl (C=O) groups is 2. The SMILES string of the molecule is O=C(NCCC(=O)N1CCOCC1)NCC(F)(F)F. The van der Waals surface area contributed by atoms with Gasteiger partial charge in [-0.05, 0) is 0 Å². The molecule has 1 saturated heterocycles. The summed E-state index contributed by atoms with van der Waals surface area (Å²) in [7, 11) is 0. The normalized spacial score (nSPS) is 16.1. The summed E-state index contributed by atoms with van der Waals surface area (Å²) in [6, 6.07) is -0.938. The standard InChI is InChI=1S/C10H16F3N3O3/c11-10(12,13)7-15-9(18)14-2-1-8(17)16-3-5-19-6-4-16/h1-7H2,(H2,14,15,18). The number of ether oxygens (including phenoxy) is 1. The summed E-state index contributed by atoms with van der Waals surface area (Å²) < 4.78 is 40.5. The second kappa shape index (κ2) is 7.17.